The monoisotopic (exact) mass is 289 g/mol. The fraction of sp³-hybridized carbons (Fsp3) is 0.333. The molecule has 0 bridgehead atoms. The van der Waals surface area contributed by atoms with Gasteiger partial charge in [0.2, 0.25) is 0 Å². The highest BCUT2D eigenvalue weighted by molar-refractivity contribution is 6.08. The molecular weight excluding hydrogens is 266 g/mol. The van der Waals surface area contributed by atoms with Crippen LogP contribution in [0.25, 0.3) is 21.5 Å². The Bertz CT molecular complexity index is 832. The lowest BCUT2D eigenvalue weighted by molar-refractivity contribution is 0.353. The minimum Gasteiger partial charge on any atom is -0.309 e. The summed E-state index contributed by atoms with van der Waals surface area (Å²) < 4.78 is 0. The van der Waals surface area contributed by atoms with Crippen LogP contribution in [0.3, 0.4) is 0 Å². The molecule has 0 fully saturated rings. The Labute approximate surface area is 132 Å². The summed E-state index contributed by atoms with van der Waals surface area (Å²) in [6.07, 6.45) is 3.87. The molecule has 1 heteroatoms. The van der Waals surface area contributed by atoms with Gasteiger partial charge in [-0.25, -0.2) is 0 Å². The van der Waals surface area contributed by atoms with Crippen LogP contribution in [-0.4, -0.2) is 25.5 Å². The molecule has 1 atom stereocenters. The van der Waals surface area contributed by atoms with E-state index in [1.165, 1.54) is 40.8 Å². The van der Waals surface area contributed by atoms with Crippen molar-refractivity contribution in [2.24, 2.45) is 0 Å². The van der Waals surface area contributed by atoms with Crippen LogP contribution in [0.4, 0.5) is 0 Å². The van der Waals surface area contributed by atoms with Crippen molar-refractivity contribution in [1.29, 1.82) is 0 Å². The quantitative estimate of drug-likeness (QED) is 0.602. The number of hydrogen-bond donors (Lipinski definition) is 0. The maximum atomic E-state index is 2.40. The first-order valence-electron chi connectivity index (χ1n) is 8.32. The lowest BCUT2D eigenvalue weighted by atomic mass is 9.80. The first-order valence-corrected chi connectivity index (χ1v) is 8.32. The third kappa shape index (κ3) is 2.21. The Kier molecular flexibility index (Phi) is 3.38. The second-order valence-electron chi connectivity index (χ2n) is 6.87. The number of likely N-dealkylation sites (N-methyl/N-ethyl adjacent to an activating group) is 1. The molecule has 4 rings (SSSR count). The standard InChI is InChI=1S/C21H23N/c1-22(2)14-16-7-5-9-19-18(16)12-13-20-17-8-4-3-6-15(17)10-11-21(19)20/h3-4,6,8,10-13,16H,5,7,9,14H2,1-2H3. The summed E-state index contributed by atoms with van der Waals surface area (Å²) in [5.74, 6) is 0.689. The van der Waals surface area contributed by atoms with Gasteiger partial charge in [-0.2, -0.15) is 0 Å². The highest BCUT2D eigenvalue weighted by atomic mass is 15.1. The Morgan fingerprint density at radius 2 is 1.73 bits per heavy atom. The summed E-state index contributed by atoms with van der Waals surface area (Å²) in [7, 11) is 4.37. The third-order valence-electron chi connectivity index (χ3n) is 5.08. The molecule has 0 amide bonds. The van der Waals surface area contributed by atoms with E-state index in [-0.39, 0.29) is 0 Å². The van der Waals surface area contributed by atoms with Crippen molar-refractivity contribution in [2.45, 2.75) is 25.2 Å². The van der Waals surface area contributed by atoms with Crippen molar-refractivity contribution in [1.82, 2.24) is 4.90 Å². The van der Waals surface area contributed by atoms with E-state index in [4.69, 9.17) is 0 Å². The number of fused-ring (bicyclic) bond motifs is 5. The lowest BCUT2D eigenvalue weighted by Gasteiger charge is -2.29. The molecule has 3 aromatic carbocycles. The van der Waals surface area contributed by atoms with E-state index in [0.29, 0.717) is 5.92 Å². The van der Waals surface area contributed by atoms with Crippen LogP contribution in [0.2, 0.25) is 0 Å². The number of aryl methyl sites for hydroxylation is 1. The summed E-state index contributed by atoms with van der Waals surface area (Å²) in [6.45, 7) is 1.16. The maximum absolute atomic E-state index is 2.40. The van der Waals surface area contributed by atoms with Crippen LogP contribution in [0.1, 0.15) is 29.9 Å². The van der Waals surface area contributed by atoms with Crippen LogP contribution in [0, 0.1) is 0 Å². The smallest absolute Gasteiger partial charge is 0.00443 e. The minimum atomic E-state index is 0.689. The maximum Gasteiger partial charge on any atom is 0.00443 e. The molecule has 3 aromatic rings. The van der Waals surface area contributed by atoms with Gasteiger partial charge in [-0.15, -0.1) is 0 Å². The van der Waals surface area contributed by atoms with Crippen LogP contribution >= 0.6 is 0 Å². The molecule has 22 heavy (non-hydrogen) atoms. The second-order valence-corrected chi connectivity index (χ2v) is 6.87. The molecule has 1 aliphatic rings. The summed E-state index contributed by atoms with van der Waals surface area (Å²) >= 11 is 0. The van der Waals surface area contributed by atoms with Crippen molar-refractivity contribution in [2.75, 3.05) is 20.6 Å². The number of rotatable bonds is 2. The van der Waals surface area contributed by atoms with Crippen molar-refractivity contribution in [3.8, 4) is 0 Å². The van der Waals surface area contributed by atoms with Gasteiger partial charge in [-0.3, -0.25) is 0 Å². The molecule has 1 nitrogen and oxygen atoms in total. The fourth-order valence-corrected chi connectivity index (χ4v) is 4.14. The predicted octanol–water partition coefficient (Wildman–Crippen LogP) is 4.97. The van der Waals surface area contributed by atoms with E-state index in [1.807, 2.05) is 0 Å². The Morgan fingerprint density at radius 1 is 0.909 bits per heavy atom. The van der Waals surface area contributed by atoms with Gasteiger partial charge >= 0.3 is 0 Å². The van der Waals surface area contributed by atoms with E-state index in [2.05, 4.69) is 67.5 Å². The number of nitrogens with zero attached hydrogens (tertiary/aromatic N) is 1. The van der Waals surface area contributed by atoms with Crippen LogP contribution in [0.5, 0.6) is 0 Å². The normalized spacial score (nSPS) is 18.0. The molecule has 0 saturated carbocycles. The number of benzene rings is 3. The first-order chi connectivity index (χ1) is 10.7. The van der Waals surface area contributed by atoms with Crippen molar-refractivity contribution < 1.29 is 0 Å². The SMILES string of the molecule is CN(C)CC1CCCc2c1ccc1c2ccc2ccccc21. The predicted molar refractivity (Wildman–Crippen MR) is 95.7 cm³/mol. The summed E-state index contributed by atoms with van der Waals surface area (Å²) in [4.78, 5) is 2.32. The lowest BCUT2D eigenvalue weighted by Crippen LogP contribution is -2.23. The molecule has 112 valence electrons. The van der Waals surface area contributed by atoms with Gasteiger partial charge in [0.1, 0.15) is 0 Å². The zero-order valence-corrected chi connectivity index (χ0v) is 13.5. The molecule has 0 spiro atoms. The van der Waals surface area contributed by atoms with Gasteiger partial charge in [-0.1, -0.05) is 48.5 Å². The molecule has 0 aliphatic heterocycles. The van der Waals surface area contributed by atoms with Gasteiger partial charge in [0.25, 0.3) is 0 Å². The molecule has 1 unspecified atom stereocenters. The van der Waals surface area contributed by atoms with Crippen LogP contribution < -0.4 is 0 Å². The molecule has 0 saturated heterocycles. The van der Waals surface area contributed by atoms with Gasteiger partial charge in [0.15, 0.2) is 0 Å². The molecule has 0 N–H and O–H groups in total. The highest BCUT2D eigenvalue weighted by Gasteiger charge is 2.22. The Morgan fingerprint density at radius 3 is 2.59 bits per heavy atom. The van der Waals surface area contributed by atoms with Crippen molar-refractivity contribution in [3.05, 3.63) is 59.7 Å². The zero-order valence-electron chi connectivity index (χ0n) is 13.5. The fourth-order valence-electron chi connectivity index (χ4n) is 4.14. The summed E-state index contributed by atoms with van der Waals surface area (Å²) in [6, 6.07) is 18.1. The molecule has 0 radical (unpaired) electrons. The molecular formula is C21H23N. The van der Waals surface area contributed by atoms with Gasteiger partial charge in [-0.05, 0) is 71.9 Å². The van der Waals surface area contributed by atoms with Gasteiger partial charge in [0.05, 0.1) is 0 Å². The van der Waals surface area contributed by atoms with Crippen molar-refractivity contribution >= 4 is 21.5 Å². The Balaban J connectivity index is 1.94. The van der Waals surface area contributed by atoms with Crippen LogP contribution in [0.15, 0.2) is 48.5 Å². The molecule has 0 heterocycles. The zero-order chi connectivity index (χ0) is 15.1. The van der Waals surface area contributed by atoms with Gasteiger partial charge < -0.3 is 4.90 Å². The summed E-state index contributed by atoms with van der Waals surface area (Å²) in [5.41, 5.74) is 3.18. The Hall–Kier alpha value is -1.86. The topological polar surface area (TPSA) is 3.24 Å². The van der Waals surface area contributed by atoms with E-state index in [0.717, 1.165) is 6.54 Å². The summed E-state index contributed by atoms with van der Waals surface area (Å²) in [5, 5.41) is 5.62. The second kappa shape index (κ2) is 5.40. The average molecular weight is 289 g/mol. The van der Waals surface area contributed by atoms with Crippen molar-refractivity contribution in [3.63, 3.8) is 0 Å². The third-order valence-corrected chi connectivity index (χ3v) is 5.08. The van der Waals surface area contributed by atoms with E-state index >= 15 is 0 Å². The minimum absolute atomic E-state index is 0.689. The van der Waals surface area contributed by atoms with E-state index in [9.17, 15) is 0 Å². The van der Waals surface area contributed by atoms with E-state index in [1.54, 1.807) is 11.1 Å². The van der Waals surface area contributed by atoms with Crippen LogP contribution in [-0.2, 0) is 6.42 Å². The first kappa shape index (κ1) is 13.8. The largest absolute Gasteiger partial charge is 0.309 e. The van der Waals surface area contributed by atoms with Gasteiger partial charge in [0, 0.05) is 6.54 Å². The number of hydrogen-bond acceptors (Lipinski definition) is 1. The van der Waals surface area contributed by atoms with E-state index < -0.39 is 0 Å². The highest BCUT2D eigenvalue weighted by Crippen LogP contribution is 2.38. The molecule has 1 aliphatic carbocycles. The average Bonchev–Trinajstić information content (AvgIpc) is 2.54. The molecule has 0 aromatic heterocycles.